The number of hydrogen-bond acceptors (Lipinski definition) is 1. The summed E-state index contributed by atoms with van der Waals surface area (Å²) in [5.74, 6) is -0.725. The summed E-state index contributed by atoms with van der Waals surface area (Å²) >= 11 is 0. The van der Waals surface area contributed by atoms with E-state index < -0.39 is 18.0 Å². The molecular formula is C8H7F4N. The molecule has 0 heterocycles. The van der Waals surface area contributed by atoms with Crippen LogP contribution in [-0.2, 0) is 0 Å². The van der Waals surface area contributed by atoms with Crippen LogP contribution in [0.4, 0.5) is 17.6 Å². The fourth-order valence-electron chi connectivity index (χ4n) is 0.889. The Labute approximate surface area is 72.2 Å². The minimum atomic E-state index is -4.53. The van der Waals surface area contributed by atoms with Crippen LogP contribution in [0, 0.1) is 5.82 Å². The molecule has 1 rings (SSSR count). The van der Waals surface area contributed by atoms with Crippen LogP contribution in [0.1, 0.15) is 11.6 Å². The molecule has 0 spiro atoms. The lowest BCUT2D eigenvalue weighted by Gasteiger charge is -2.15. The van der Waals surface area contributed by atoms with E-state index in [2.05, 4.69) is 0 Å². The summed E-state index contributed by atoms with van der Waals surface area (Å²) in [5, 5.41) is 0. The van der Waals surface area contributed by atoms with Gasteiger partial charge >= 0.3 is 6.18 Å². The molecule has 1 aromatic carbocycles. The van der Waals surface area contributed by atoms with Crippen LogP contribution >= 0.6 is 0 Å². The molecule has 72 valence electrons. The van der Waals surface area contributed by atoms with Crippen molar-refractivity contribution >= 4 is 0 Å². The van der Waals surface area contributed by atoms with Crippen LogP contribution in [0.3, 0.4) is 0 Å². The number of hydrogen-bond donors (Lipinski definition) is 1. The van der Waals surface area contributed by atoms with Gasteiger partial charge in [0.05, 0.1) is 0 Å². The molecule has 5 heteroatoms. The third-order valence-corrected chi connectivity index (χ3v) is 1.56. The average Bonchev–Trinajstić information content (AvgIpc) is 2.01. The molecule has 0 saturated heterocycles. The van der Waals surface area contributed by atoms with Crippen molar-refractivity contribution < 1.29 is 17.6 Å². The Kier molecular flexibility index (Phi) is 2.56. The number of benzene rings is 1. The summed E-state index contributed by atoms with van der Waals surface area (Å²) in [7, 11) is 0. The van der Waals surface area contributed by atoms with Crippen molar-refractivity contribution in [3.05, 3.63) is 35.6 Å². The van der Waals surface area contributed by atoms with E-state index in [0.717, 1.165) is 18.2 Å². The summed E-state index contributed by atoms with van der Waals surface area (Å²) in [6.45, 7) is 0. The second-order valence-electron chi connectivity index (χ2n) is 2.57. The lowest BCUT2D eigenvalue weighted by atomic mass is 10.1. The molecule has 0 aromatic heterocycles. The van der Waals surface area contributed by atoms with Crippen molar-refractivity contribution in [1.29, 1.82) is 0 Å². The van der Waals surface area contributed by atoms with E-state index in [-0.39, 0.29) is 5.56 Å². The first kappa shape index (κ1) is 9.98. The Balaban J connectivity index is 2.96. The van der Waals surface area contributed by atoms with Crippen molar-refractivity contribution in [3.63, 3.8) is 0 Å². The molecule has 0 aliphatic carbocycles. The van der Waals surface area contributed by atoms with E-state index in [1.165, 1.54) is 6.07 Å². The number of halogens is 4. The van der Waals surface area contributed by atoms with Crippen molar-refractivity contribution in [1.82, 2.24) is 0 Å². The van der Waals surface area contributed by atoms with Gasteiger partial charge in [-0.1, -0.05) is 12.1 Å². The number of alkyl halides is 3. The maximum absolute atomic E-state index is 12.5. The topological polar surface area (TPSA) is 26.0 Å². The second kappa shape index (κ2) is 3.33. The van der Waals surface area contributed by atoms with Crippen LogP contribution in [0.2, 0.25) is 0 Å². The predicted octanol–water partition coefficient (Wildman–Crippen LogP) is 2.39. The van der Waals surface area contributed by atoms with Crippen molar-refractivity contribution in [3.8, 4) is 0 Å². The standard InChI is InChI=1S/C8H7F4N/c9-6-3-1-2-5(4-6)7(13)8(10,11)12/h1-4,7H,13H2/t7-/m1/s1. The Hall–Kier alpha value is -1.10. The van der Waals surface area contributed by atoms with Crippen LogP contribution in [0.15, 0.2) is 24.3 Å². The minimum absolute atomic E-state index is 0.271. The molecule has 0 unspecified atom stereocenters. The van der Waals surface area contributed by atoms with Gasteiger partial charge in [-0.15, -0.1) is 0 Å². The van der Waals surface area contributed by atoms with Gasteiger partial charge in [-0.05, 0) is 17.7 Å². The van der Waals surface area contributed by atoms with Gasteiger partial charge in [0.2, 0.25) is 0 Å². The highest BCUT2D eigenvalue weighted by Gasteiger charge is 2.37. The predicted molar refractivity (Wildman–Crippen MR) is 39.4 cm³/mol. The lowest BCUT2D eigenvalue weighted by Crippen LogP contribution is -2.28. The first-order chi connectivity index (χ1) is 5.91. The molecule has 1 nitrogen and oxygen atoms in total. The summed E-state index contributed by atoms with van der Waals surface area (Å²) in [6, 6.07) is 2.05. The van der Waals surface area contributed by atoms with Crippen molar-refractivity contribution in [2.24, 2.45) is 5.73 Å². The quantitative estimate of drug-likeness (QED) is 0.681. The molecule has 0 saturated carbocycles. The molecule has 0 aliphatic heterocycles. The van der Waals surface area contributed by atoms with E-state index >= 15 is 0 Å². The van der Waals surface area contributed by atoms with E-state index in [9.17, 15) is 17.6 Å². The van der Waals surface area contributed by atoms with E-state index in [1.807, 2.05) is 0 Å². The molecule has 0 radical (unpaired) electrons. The van der Waals surface area contributed by atoms with E-state index in [1.54, 1.807) is 0 Å². The minimum Gasteiger partial charge on any atom is -0.316 e. The van der Waals surface area contributed by atoms with Gasteiger partial charge in [0.15, 0.2) is 0 Å². The Morgan fingerprint density at radius 2 is 1.85 bits per heavy atom. The summed E-state index contributed by atoms with van der Waals surface area (Å²) in [4.78, 5) is 0. The fraction of sp³-hybridized carbons (Fsp3) is 0.250. The van der Waals surface area contributed by atoms with Gasteiger partial charge in [0, 0.05) is 0 Å². The molecule has 0 aliphatic rings. The zero-order valence-electron chi connectivity index (χ0n) is 6.48. The third-order valence-electron chi connectivity index (χ3n) is 1.56. The van der Waals surface area contributed by atoms with Crippen LogP contribution in [0.25, 0.3) is 0 Å². The summed E-state index contributed by atoms with van der Waals surface area (Å²) in [6.07, 6.45) is -4.53. The third kappa shape index (κ3) is 2.42. The molecule has 1 aromatic rings. The Morgan fingerprint density at radius 3 is 2.31 bits per heavy atom. The SMILES string of the molecule is N[C@H](c1cccc(F)c1)C(F)(F)F. The zero-order valence-corrected chi connectivity index (χ0v) is 6.48. The maximum Gasteiger partial charge on any atom is 0.407 e. The maximum atomic E-state index is 12.5. The highest BCUT2D eigenvalue weighted by molar-refractivity contribution is 5.20. The van der Waals surface area contributed by atoms with Crippen LogP contribution in [0.5, 0.6) is 0 Å². The number of rotatable bonds is 1. The first-order valence-electron chi connectivity index (χ1n) is 3.49. The number of nitrogens with two attached hydrogens (primary N) is 1. The monoisotopic (exact) mass is 193 g/mol. The molecule has 0 amide bonds. The highest BCUT2D eigenvalue weighted by atomic mass is 19.4. The van der Waals surface area contributed by atoms with Gasteiger partial charge in [0.1, 0.15) is 11.9 Å². The van der Waals surface area contributed by atoms with Gasteiger partial charge in [0.25, 0.3) is 0 Å². The molecule has 1 atom stereocenters. The Morgan fingerprint density at radius 1 is 1.23 bits per heavy atom. The normalized spacial score (nSPS) is 14.2. The molecule has 0 fully saturated rings. The van der Waals surface area contributed by atoms with E-state index in [0.29, 0.717) is 0 Å². The Bertz CT molecular complexity index is 294. The average molecular weight is 193 g/mol. The molecule has 0 bridgehead atoms. The van der Waals surface area contributed by atoms with E-state index in [4.69, 9.17) is 5.73 Å². The van der Waals surface area contributed by atoms with Crippen LogP contribution < -0.4 is 5.73 Å². The highest BCUT2D eigenvalue weighted by Crippen LogP contribution is 2.30. The van der Waals surface area contributed by atoms with Crippen molar-refractivity contribution in [2.75, 3.05) is 0 Å². The molecular weight excluding hydrogens is 186 g/mol. The van der Waals surface area contributed by atoms with Crippen LogP contribution in [-0.4, -0.2) is 6.18 Å². The summed E-state index contributed by atoms with van der Waals surface area (Å²) in [5.41, 5.74) is 4.58. The smallest absolute Gasteiger partial charge is 0.316 e. The van der Waals surface area contributed by atoms with Gasteiger partial charge < -0.3 is 5.73 Å². The first-order valence-corrected chi connectivity index (χ1v) is 3.49. The lowest BCUT2D eigenvalue weighted by molar-refractivity contribution is -0.149. The van der Waals surface area contributed by atoms with Crippen molar-refractivity contribution in [2.45, 2.75) is 12.2 Å². The summed E-state index contributed by atoms with van der Waals surface area (Å²) < 4.78 is 48.6. The largest absolute Gasteiger partial charge is 0.407 e. The van der Waals surface area contributed by atoms with Gasteiger partial charge in [-0.25, -0.2) is 4.39 Å². The fourth-order valence-corrected chi connectivity index (χ4v) is 0.889. The zero-order chi connectivity index (χ0) is 10.1. The second-order valence-corrected chi connectivity index (χ2v) is 2.57. The molecule has 13 heavy (non-hydrogen) atoms. The van der Waals surface area contributed by atoms with Gasteiger partial charge in [-0.3, -0.25) is 0 Å². The molecule has 2 N–H and O–H groups in total. The van der Waals surface area contributed by atoms with Gasteiger partial charge in [-0.2, -0.15) is 13.2 Å².